The Balaban J connectivity index is 1.41. The van der Waals surface area contributed by atoms with Gasteiger partial charge < -0.3 is 15.8 Å². The zero-order valence-electron chi connectivity index (χ0n) is 14.7. The normalized spacial score (nSPS) is 18.4. The fourth-order valence-electron chi connectivity index (χ4n) is 2.67. The van der Waals surface area contributed by atoms with Crippen LogP contribution in [0.2, 0.25) is 5.02 Å². The van der Waals surface area contributed by atoms with Crippen molar-refractivity contribution in [3.63, 3.8) is 0 Å². The quantitative estimate of drug-likeness (QED) is 0.541. The number of nitrogens with one attached hydrogen (secondary N) is 2. The third-order valence-electron chi connectivity index (χ3n) is 3.95. The topological polar surface area (TPSA) is 114 Å². The summed E-state index contributed by atoms with van der Waals surface area (Å²) in [4.78, 5) is 29.8. The summed E-state index contributed by atoms with van der Waals surface area (Å²) in [5, 5.41) is 7.85. The number of rotatable bonds is 7. The molecule has 0 saturated heterocycles. The number of aliphatic imine (C=N–C) groups is 1. The van der Waals surface area contributed by atoms with Crippen LogP contribution in [0.15, 0.2) is 45.8 Å². The van der Waals surface area contributed by atoms with E-state index in [9.17, 15) is 9.59 Å². The standard InChI is InChI=1S/C17H19ClN6O3/c1-11-15-16(26)23(10-21-24(15)17(19)22-11)9-14(25)20-6-3-7-27-13-5-2-4-12(18)8-13/h2,4-5,8,10H,3,6-7,9H2,1H3,(H2,19,22)(H,20,25)/p+1. The summed E-state index contributed by atoms with van der Waals surface area (Å²) >= 11 is 5.88. The van der Waals surface area contributed by atoms with Crippen molar-refractivity contribution in [1.82, 2.24) is 10.2 Å². The van der Waals surface area contributed by atoms with Gasteiger partial charge >= 0.3 is 11.9 Å². The lowest BCUT2D eigenvalue weighted by molar-refractivity contribution is -0.765. The number of ether oxygens (including phenoxy) is 1. The molecule has 3 rings (SSSR count). The summed E-state index contributed by atoms with van der Waals surface area (Å²) in [5.41, 5.74) is 6.57. The minimum Gasteiger partial charge on any atom is -0.493 e. The van der Waals surface area contributed by atoms with Crippen LogP contribution in [0, 0.1) is 0 Å². The lowest BCUT2D eigenvalue weighted by Crippen LogP contribution is -3.11. The summed E-state index contributed by atoms with van der Waals surface area (Å²) in [7, 11) is 0. The van der Waals surface area contributed by atoms with Crippen molar-refractivity contribution in [2.24, 2.45) is 15.8 Å². The monoisotopic (exact) mass is 391 g/mol. The van der Waals surface area contributed by atoms with Crippen molar-refractivity contribution in [2.45, 2.75) is 13.3 Å². The van der Waals surface area contributed by atoms with Gasteiger partial charge in [0.1, 0.15) is 18.0 Å². The number of carbonyl (C=O) groups excluding carboxylic acids is 2. The number of fused-ring (bicyclic) bond motifs is 1. The van der Waals surface area contributed by atoms with E-state index in [1.54, 1.807) is 25.1 Å². The molecule has 0 saturated carbocycles. The molecule has 4 N–H and O–H groups in total. The van der Waals surface area contributed by atoms with E-state index < -0.39 is 0 Å². The molecular formula is C17H20ClN6O3+. The number of benzene rings is 1. The van der Waals surface area contributed by atoms with Crippen molar-refractivity contribution < 1.29 is 19.3 Å². The lowest BCUT2D eigenvalue weighted by atomic mass is 10.3. The zero-order chi connectivity index (χ0) is 19.4. The maximum atomic E-state index is 12.5. The molecular weight excluding hydrogens is 372 g/mol. The van der Waals surface area contributed by atoms with Crippen LogP contribution in [-0.2, 0) is 9.59 Å². The smallest absolute Gasteiger partial charge is 0.331 e. The number of nitrogens with two attached hydrogens (primary N) is 1. The fourth-order valence-corrected chi connectivity index (χ4v) is 2.85. The molecule has 0 bridgehead atoms. The van der Waals surface area contributed by atoms with Crippen LogP contribution in [0.25, 0.3) is 0 Å². The maximum Gasteiger partial charge on any atom is 0.331 e. The summed E-state index contributed by atoms with van der Waals surface area (Å²) in [6, 6.07) is 7.11. The van der Waals surface area contributed by atoms with E-state index in [1.165, 1.54) is 11.2 Å². The summed E-state index contributed by atoms with van der Waals surface area (Å²) in [6.07, 6.45) is 1.93. The number of amides is 2. The number of hydrogen-bond acceptors (Lipinski definition) is 6. The molecule has 1 aromatic carbocycles. The summed E-state index contributed by atoms with van der Waals surface area (Å²) in [5.74, 6) is 0.279. The third kappa shape index (κ3) is 4.44. The van der Waals surface area contributed by atoms with E-state index in [0.717, 1.165) is 0 Å². The first-order valence-corrected chi connectivity index (χ1v) is 8.76. The Morgan fingerprint density at radius 3 is 3.04 bits per heavy atom. The van der Waals surface area contributed by atoms with Gasteiger partial charge in [0.05, 0.1) is 6.61 Å². The highest BCUT2D eigenvalue weighted by Crippen LogP contribution is 2.17. The first kappa shape index (κ1) is 18.9. The minimum atomic E-state index is -0.332. The molecule has 0 fully saturated rings. The zero-order valence-corrected chi connectivity index (χ0v) is 15.5. The van der Waals surface area contributed by atoms with Crippen molar-refractivity contribution in [3.05, 3.63) is 40.7 Å². The Labute approximate surface area is 161 Å². The van der Waals surface area contributed by atoms with Crippen molar-refractivity contribution >= 4 is 35.7 Å². The summed E-state index contributed by atoms with van der Waals surface area (Å²) in [6.45, 7) is 2.42. The summed E-state index contributed by atoms with van der Waals surface area (Å²) < 4.78 is 5.55. The second-order valence-corrected chi connectivity index (χ2v) is 6.43. The molecule has 2 heterocycles. The van der Waals surface area contributed by atoms with Crippen LogP contribution in [0.5, 0.6) is 5.75 Å². The van der Waals surface area contributed by atoms with Gasteiger partial charge in [0, 0.05) is 11.6 Å². The van der Waals surface area contributed by atoms with Gasteiger partial charge in [0.25, 0.3) is 5.70 Å². The van der Waals surface area contributed by atoms with E-state index in [-0.39, 0.29) is 24.3 Å². The molecule has 9 nitrogen and oxygen atoms in total. The number of quaternary nitrogens is 1. The van der Waals surface area contributed by atoms with Crippen LogP contribution in [-0.4, -0.2) is 48.7 Å². The molecule has 142 valence electrons. The Kier molecular flexibility index (Phi) is 5.72. The van der Waals surface area contributed by atoms with Gasteiger partial charge in [0.2, 0.25) is 5.91 Å². The van der Waals surface area contributed by atoms with Crippen LogP contribution in [0.3, 0.4) is 0 Å². The predicted octanol–water partition coefficient (Wildman–Crippen LogP) is -0.545. The van der Waals surface area contributed by atoms with Gasteiger partial charge in [-0.1, -0.05) is 22.8 Å². The van der Waals surface area contributed by atoms with Gasteiger partial charge in [-0.3, -0.25) is 14.5 Å². The number of nitrogens with zero attached hydrogens (tertiary/aromatic N) is 3. The number of carbonyl (C=O) groups is 2. The molecule has 2 amide bonds. The Morgan fingerprint density at radius 1 is 1.44 bits per heavy atom. The largest absolute Gasteiger partial charge is 0.493 e. The number of guanidine groups is 1. The van der Waals surface area contributed by atoms with E-state index in [1.807, 2.05) is 6.07 Å². The number of hydrogen-bond donors (Lipinski definition) is 3. The minimum absolute atomic E-state index is 0.124. The third-order valence-corrected chi connectivity index (χ3v) is 4.19. The molecule has 0 radical (unpaired) electrons. The van der Waals surface area contributed by atoms with Gasteiger partial charge in [-0.25, -0.2) is 0 Å². The molecule has 27 heavy (non-hydrogen) atoms. The van der Waals surface area contributed by atoms with Gasteiger partial charge in [-0.2, -0.15) is 4.99 Å². The second kappa shape index (κ2) is 8.19. The molecule has 2 aliphatic heterocycles. The lowest BCUT2D eigenvalue weighted by Gasteiger charge is -2.22. The van der Waals surface area contributed by atoms with Gasteiger partial charge in [-0.15, -0.1) is 5.01 Å². The average molecular weight is 392 g/mol. The Bertz CT molecular complexity index is 851. The molecule has 2 aliphatic rings. The molecule has 1 atom stereocenters. The first-order valence-electron chi connectivity index (χ1n) is 8.38. The van der Waals surface area contributed by atoms with Crippen LogP contribution in [0.4, 0.5) is 0 Å². The highest BCUT2D eigenvalue weighted by Gasteiger charge is 2.41. The van der Waals surface area contributed by atoms with Crippen molar-refractivity contribution in [2.75, 3.05) is 19.7 Å². The molecule has 0 aromatic heterocycles. The fraction of sp³-hybridized carbons (Fsp3) is 0.294. The highest BCUT2D eigenvalue weighted by molar-refractivity contribution is 6.30. The molecule has 1 unspecified atom stereocenters. The predicted molar refractivity (Wildman–Crippen MR) is 100 cm³/mol. The molecule has 10 heteroatoms. The number of allylic oxidation sites excluding steroid dienone is 1. The van der Waals surface area contributed by atoms with Crippen LogP contribution >= 0.6 is 11.6 Å². The van der Waals surface area contributed by atoms with E-state index in [4.69, 9.17) is 22.1 Å². The SMILES string of the molecule is CC1=C2C(=O)N(CC(=O)NCCCOc3cccc(Cl)c3)C=N[NH+]2C(N)=N1. The van der Waals surface area contributed by atoms with Crippen molar-refractivity contribution in [1.29, 1.82) is 0 Å². The van der Waals surface area contributed by atoms with Gasteiger partial charge in [0.15, 0.2) is 6.34 Å². The second-order valence-electron chi connectivity index (χ2n) is 5.99. The number of halogens is 1. The molecule has 0 spiro atoms. The Morgan fingerprint density at radius 2 is 2.26 bits per heavy atom. The molecule has 1 aromatic rings. The maximum absolute atomic E-state index is 12.5. The van der Waals surface area contributed by atoms with E-state index in [0.29, 0.717) is 46.7 Å². The van der Waals surface area contributed by atoms with E-state index in [2.05, 4.69) is 15.4 Å². The first-order chi connectivity index (χ1) is 13.0. The van der Waals surface area contributed by atoms with E-state index >= 15 is 0 Å². The Hall–Kier alpha value is -2.91. The van der Waals surface area contributed by atoms with Crippen molar-refractivity contribution in [3.8, 4) is 5.75 Å². The van der Waals surface area contributed by atoms with Gasteiger partial charge in [-0.05, 0) is 31.5 Å². The average Bonchev–Trinajstić information content (AvgIpc) is 2.91. The van der Waals surface area contributed by atoms with Crippen LogP contribution < -0.4 is 20.8 Å². The molecule has 0 aliphatic carbocycles. The van der Waals surface area contributed by atoms with Crippen LogP contribution in [0.1, 0.15) is 13.3 Å². The highest BCUT2D eigenvalue weighted by atomic mass is 35.5.